The van der Waals surface area contributed by atoms with Crippen LogP contribution in [-0.2, 0) is 11.2 Å². The van der Waals surface area contributed by atoms with Crippen molar-refractivity contribution in [3.63, 3.8) is 0 Å². The number of hydrogen-bond acceptors (Lipinski definition) is 1. The second kappa shape index (κ2) is 5.29. The minimum absolute atomic E-state index is 0.187. The lowest BCUT2D eigenvalue weighted by Gasteiger charge is -2.16. The first-order chi connectivity index (χ1) is 7.39. The van der Waals surface area contributed by atoms with Crippen LogP contribution in [0.1, 0.15) is 44.7 Å². The first-order valence-corrected chi connectivity index (χ1v) is 5.98. The highest BCUT2D eigenvalue weighted by molar-refractivity contribution is 5.83. The molecule has 16 heavy (non-hydrogen) atoms. The van der Waals surface area contributed by atoms with Crippen LogP contribution in [0, 0.1) is 12.3 Å². The molecule has 0 bridgehead atoms. The Labute approximate surface area is 98.9 Å². The van der Waals surface area contributed by atoms with E-state index in [-0.39, 0.29) is 5.41 Å². The first kappa shape index (κ1) is 13.0. The Bertz CT molecular complexity index is 341. The smallest absolute Gasteiger partial charge is 0.138 e. The molecule has 1 heteroatoms. The van der Waals surface area contributed by atoms with Gasteiger partial charge in [0.15, 0.2) is 0 Å². The van der Waals surface area contributed by atoms with E-state index in [1.54, 1.807) is 0 Å². The third-order valence-electron chi connectivity index (χ3n) is 2.83. The zero-order chi connectivity index (χ0) is 12.2. The number of carbonyl (C=O) groups is 1. The van der Waals surface area contributed by atoms with Gasteiger partial charge in [0.1, 0.15) is 5.78 Å². The zero-order valence-electron chi connectivity index (χ0n) is 10.8. The molecule has 0 spiro atoms. The van der Waals surface area contributed by atoms with Gasteiger partial charge in [-0.25, -0.2) is 0 Å². The van der Waals surface area contributed by atoms with Gasteiger partial charge >= 0.3 is 0 Å². The molecule has 0 aliphatic carbocycles. The van der Waals surface area contributed by atoms with Crippen LogP contribution in [0.5, 0.6) is 0 Å². The van der Waals surface area contributed by atoms with Gasteiger partial charge in [-0.2, -0.15) is 0 Å². The highest BCUT2D eigenvalue weighted by Crippen LogP contribution is 2.18. The van der Waals surface area contributed by atoms with Crippen molar-refractivity contribution >= 4 is 5.78 Å². The van der Waals surface area contributed by atoms with Crippen LogP contribution in [0.15, 0.2) is 24.3 Å². The molecule has 1 aromatic carbocycles. The Balaban J connectivity index is 2.36. The summed E-state index contributed by atoms with van der Waals surface area (Å²) in [4.78, 5) is 11.7. The van der Waals surface area contributed by atoms with E-state index in [2.05, 4.69) is 31.2 Å². The van der Waals surface area contributed by atoms with Crippen LogP contribution >= 0.6 is 0 Å². The van der Waals surface area contributed by atoms with Gasteiger partial charge in [-0.05, 0) is 25.3 Å². The van der Waals surface area contributed by atoms with Gasteiger partial charge in [0.2, 0.25) is 0 Å². The maximum atomic E-state index is 11.7. The summed E-state index contributed by atoms with van der Waals surface area (Å²) >= 11 is 0. The molecule has 1 aromatic rings. The second-order valence-corrected chi connectivity index (χ2v) is 5.51. The van der Waals surface area contributed by atoms with E-state index in [0.29, 0.717) is 12.2 Å². The monoisotopic (exact) mass is 218 g/mol. The lowest BCUT2D eigenvalue weighted by atomic mass is 9.87. The Kier molecular flexibility index (Phi) is 4.28. The number of carbonyl (C=O) groups excluding carboxylic acids is 1. The molecule has 0 aliphatic heterocycles. The normalized spacial score (nSPS) is 11.5. The van der Waals surface area contributed by atoms with Crippen LogP contribution in [0.2, 0.25) is 0 Å². The van der Waals surface area contributed by atoms with Crippen molar-refractivity contribution < 1.29 is 4.79 Å². The Morgan fingerprint density at radius 3 is 2.19 bits per heavy atom. The summed E-state index contributed by atoms with van der Waals surface area (Å²) in [7, 11) is 0. The molecule has 0 unspecified atom stereocenters. The number of benzene rings is 1. The maximum absolute atomic E-state index is 11.7. The fraction of sp³-hybridized carbons (Fsp3) is 0.533. The molecule has 0 aromatic heterocycles. The summed E-state index contributed by atoms with van der Waals surface area (Å²) in [5.41, 5.74) is 2.43. The van der Waals surface area contributed by atoms with Crippen LogP contribution in [-0.4, -0.2) is 5.78 Å². The van der Waals surface area contributed by atoms with Gasteiger partial charge in [-0.15, -0.1) is 0 Å². The summed E-state index contributed by atoms with van der Waals surface area (Å²) in [5, 5.41) is 0. The summed E-state index contributed by atoms with van der Waals surface area (Å²) < 4.78 is 0. The molecule has 88 valence electrons. The SMILES string of the molecule is Cc1ccc(CCCC(=O)C(C)(C)C)cc1. The van der Waals surface area contributed by atoms with Crippen LogP contribution in [0.25, 0.3) is 0 Å². The fourth-order valence-corrected chi connectivity index (χ4v) is 1.58. The fourth-order valence-electron chi connectivity index (χ4n) is 1.58. The zero-order valence-corrected chi connectivity index (χ0v) is 10.8. The highest BCUT2D eigenvalue weighted by atomic mass is 16.1. The molecule has 0 amide bonds. The molecule has 1 rings (SSSR count). The summed E-state index contributed by atoms with van der Waals surface area (Å²) in [6, 6.07) is 8.55. The summed E-state index contributed by atoms with van der Waals surface area (Å²) in [6.45, 7) is 8.05. The molecule has 0 N–H and O–H groups in total. The molecule has 0 saturated carbocycles. The molecule has 0 aliphatic rings. The maximum Gasteiger partial charge on any atom is 0.138 e. The topological polar surface area (TPSA) is 17.1 Å². The first-order valence-electron chi connectivity index (χ1n) is 5.98. The standard InChI is InChI=1S/C15H22O/c1-12-8-10-13(11-9-12)6-5-7-14(16)15(2,3)4/h8-11H,5-7H2,1-4H3. The number of hydrogen-bond donors (Lipinski definition) is 0. The molecule has 0 saturated heterocycles. The van der Waals surface area contributed by atoms with Gasteiger partial charge in [0.05, 0.1) is 0 Å². The molecule has 0 atom stereocenters. The van der Waals surface area contributed by atoms with Crippen molar-refractivity contribution in [2.75, 3.05) is 0 Å². The Morgan fingerprint density at radius 2 is 1.69 bits per heavy atom. The van der Waals surface area contributed by atoms with Gasteiger partial charge in [-0.1, -0.05) is 50.6 Å². The van der Waals surface area contributed by atoms with E-state index in [4.69, 9.17) is 0 Å². The van der Waals surface area contributed by atoms with E-state index in [0.717, 1.165) is 12.8 Å². The number of rotatable bonds is 4. The van der Waals surface area contributed by atoms with Crippen molar-refractivity contribution in [1.29, 1.82) is 0 Å². The van der Waals surface area contributed by atoms with Crippen LogP contribution in [0.4, 0.5) is 0 Å². The van der Waals surface area contributed by atoms with E-state index < -0.39 is 0 Å². The third kappa shape index (κ3) is 4.18. The van der Waals surface area contributed by atoms with Crippen LogP contribution in [0.3, 0.4) is 0 Å². The van der Waals surface area contributed by atoms with E-state index >= 15 is 0 Å². The third-order valence-corrected chi connectivity index (χ3v) is 2.83. The number of aryl methyl sites for hydroxylation is 2. The predicted octanol–water partition coefficient (Wildman–Crippen LogP) is 3.93. The van der Waals surface area contributed by atoms with Crippen molar-refractivity contribution in [3.8, 4) is 0 Å². The molecular weight excluding hydrogens is 196 g/mol. The van der Waals surface area contributed by atoms with Crippen LogP contribution < -0.4 is 0 Å². The van der Waals surface area contributed by atoms with Gasteiger partial charge in [-0.3, -0.25) is 4.79 Å². The average Bonchev–Trinajstić information content (AvgIpc) is 2.19. The minimum Gasteiger partial charge on any atom is -0.299 e. The van der Waals surface area contributed by atoms with Crippen molar-refractivity contribution in [1.82, 2.24) is 0 Å². The summed E-state index contributed by atoms with van der Waals surface area (Å²) in [6.07, 6.45) is 2.65. The minimum atomic E-state index is -0.187. The summed E-state index contributed by atoms with van der Waals surface area (Å²) in [5.74, 6) is 0.361. The quantitative estimate of drug-likeness (QED) is 0.748. The van der Waals surface area contributed by atoms with E-state index in [1.807, 2.05) is 20.8 Å². The second-order valence-electron chi connectivity index (χ2n) is 5.51. The molecule has 0 fully saturated rings. The van der Waals surface area contributed by atoms with Gasteiger partial charge in [0, 0.05) is 11.8 Å². The largest absolute Gasteiger partial charge is 0.299 e. The molecule has 0 radical (unpaired) electrons. The number of Topliss-reactive ketones (excluding diaryl/α,β-unsaturated/α-hetero) is 1. The highest BCUT2D eigenvalue weighted by Gasteiger charge is 2.19. The lowest BCUT2D eigenvalue weighted by molar-refractivity contribution is -0.126. The van der Waals surface area contributed by atoms with E-state index in [9.17, 15) is 4.79 Å². The predicted molar refractivity (Wildman–Crippen MR) is 68.6 cm³/mol. The van der Waals surface area contributed by atoms with Gasteiger partial charge in [0.25, 0.3) is 0 Å². The number of ketones is 1. The average molecular weight is 218 g/mol. The Morgan fingerprint density at radius 1 is 1.12 bits per heavy atom. The van der Waals surface area contributed by atoms with Crippen molar-refractivity contribution in [2.24, 2.45) is 5.41 Å². The van der Waals surface area contributed by atoms with Gasteiger partial charge < -0.3 is 0 Å². The molecule has 0 heterocycles. The van der Waals surface area contributed by atoms with E-state index in [1.165, 1.54) is 11.1 Å². The van der Waals surface area contributed by atoms with Crippen molar-refractivity contribution in [3.05, 3.63) is 35.4 Å². The molecule has 1 nitrogen and oxygen atoms in total. The molecular formula is C15H22O. The lowest BCUT2D eigenvalue weighted by Crippen LogP contribution is -2.19. The van der Waals surface area contributed by atoms with Crippen molar-refractivity contribution in [2.45, 2.75) is 47.0 Å². The Hall–Kier alpha value is -1.11.